The number of fused-ring (bicyclic) bond motifs is 1. The highest BCUT2D eigenvalue weighted by molar-refractivity contribution is 5.96. The maximum absolute atomic E-state index is 12.0. The van der Waals surface area contributed by atoms with Crippen LogP contribution in [0.15, 0.2) is 30.9 Å². The molecule has 0 fully saturated rings. The van der Waals surface area contributed by atoms with Gasteiger partial charge in [-0.1, -0.05) is 0 Å². The summed E-state index contributed by atoms with van der Waals surface area (Å²) in [4.78, 5) is 68.0. The summed E-state index contributed by atoms with van der Waals surface area (Å²) in [5.74, 6) is -1.86. The quantitative estimate of drug-likeness (QED) is 0.215. The second-order valence-electron chi connectivity index (χ2n) is 5.88. The van der Waals surface area contributed by atoms with Gasteiger partial charge in [0.15, 0.2) is 11.2 Å². The third-order valence-corrected chi connectivity index (χ3v) is 3.78. The van der Waals surface area contributed by atoms with E-state index in [-0.39, 0.29) is 48.9 Å². The number of hydrogen-bond acceptors (Lipinski definition) is 9. The summed E-state index contributed by atoms with van der Waals surface area (Å²) in [6.45, 7) is 0.502. The van der Waals surface area contributed by atoms with E-state index in [4.69, 9.17) is 14.9 Å². The van der Waals surface area contributed by atoms with Gasteiger partial charge in [-0.05, 0) is 12.1 Å². The number of nitrogens with one attached hydrogen (secondary N) is 5. The van der Waals surface area contributed by atoms with Crippen molar-refractivity contribution in [3.63, 3.8) is 0 Å². The molecule has 0 saturated carbocycles. The first kappa shape index (κ1) is 20.5. The van der Waals surface area contributed by atoms with Crippen molar-refractivity contribution in [3.8, 4) is 0 Å². The molecule has 14 heteroatoms. The predicted octanol–water partition coefficient (Wildman–Crippen LogP) is -2.35. The number of anilines is 1. The van der Waals surface area contributed by atoms with Crippen LogP contribution in [0.25, 0.3) is 11.2 Å². The molecule has 0 radical (unpaired) electrons. The van der Waals surface area contributed by atoms with Crippen LogP contribution in [-0.2, 0) is 4.74 Å². The summed E-state index contributed by atoms with van der Waals surface area (Å²) in [5.41, 5.74) is 3.52. The maximum Gasteiger partial charge on any atom is 0.418 e. The number of nitrogens with zero attached hydrogens (tertiary/aromatic N) is 1. The van der Waals surface area contributed by atoms with Crippen LogP contribution in [0.2, 0.25) is 0 Å². The summed E-state index contributed by atoms with van der Waals surface area (Å²) < 4.78 is 10.1. The van der Waals surface area contributed by atoms with Crippen LogP contribution in [0.1, 0.15) is 21.0 Å². The minimum absolute atomic E-state index is 0.0765. The molecule has 2 amide bonds. The highest BCUT2D eigenvalue weighted by Gasteiger charge is 2.13. The van der Waals surface area contributed by atoms with E-state index in [9.17, 15) is 24.0 Å². The number of pyridine rings is 1. The molecule has 3 heterocycles. The monoisotopic (exact) mass is 419 g/mol. The second kappa shape index (κ2) is 8.87. The van der Waals surface area contributed by atoms with Crippen molar-refractivity contribution in [3.05, 3.63) is 54.9 Å². The Balaban J connectivity index is 1.37. The molecule has 0 aliphatic carbocycles. The molecule has 7 N–H and O–H groups in total. The van der Waals surface area contributed by atoms with Crippen molar-refractivity contribution in [2.45, 2.75) is 0 Å². The summed E-state index contributed by atoms with van der Waals surface area (Å²) >= 11 is 0. The molecule has 0 aromatic carbocycles. The molecule has 158 valence electrons. The van der Waals surface area contributed by atoms with Crippen LogP contribution in [0.3, 0.4) is 0 Å². The van der Waals surface area contributed by atoms with E-state index < -0.39 is 34.5 Å². The minimum Gasteiger partial charge on any atom is -0.406 e. The molecule has 0 aliphatic heterocycles. The van der Waals surface area contributed by atoms with Crippen LogP contribution >= 0.6 is 0 Å². The first-order chi connectivity index (χ1) is 14.3. The van der Waals surface area contributed by atoms with Crippen LogP contribution in [-0.4, -0.2) is 58.1 Å². The number of hydrogen-bond donors (Lipinski definition) is 6. The van der Waals surface area contributed by atoms with Crippen molar-refractivity contribution in [2.24, 2.45) is 0 Å². The van der Waals surface area contributed by atoms with Crippen LogP contribution in [0, 0.1) is 0 Å². The molecular formula is C16H17N7O7. The Morgan fingerprint density at radius 1 is 1.03 bits per heavy atom. The van der Waals surface area contributed by atoms with Crippen molar-refractivity contribution in [1.29, 1.82) is 0 Å². The van der Waals surface area contributed by atoms with Gasteiger partial charge in [0, 0.05) is 13.1 Å². The smallest absolute Gasteiger partial charge is 0.406 e. The van der Waals surface area contributed by atoms with E-state index in [1.807, 2.05) is 4.98 Å². The van der Waals surface area contributed by atoms with E-state index in [0.29, 0.717) is 0 Å². The number of aromatic amines is 3. The Morgan fingerprint density at radius 2 is 1.73 bits per heavy atom. The summed E-state index contributed by atoms with van der Waals surface area (Å²) in [6, 6.07) is 2.87. The van der Waals surface area contributed by atoms with Gasteiger partial charge in [0.1, 0.15) is 17.1 Å². The minimum atomic E-state index is -0.858. The van der Waals surface area contributed by atoms with E-state index in [1.54, 1.807) is 0 Å². The van der Waals surface area contributed by atoms with E-state index in [1.165, 1.54) is 12.1 Å². The van der Waals surface area contributed by atoms with Crippen LogP contribution in [0.5, 0.6) is 0 Å². The fourth-order valence-electron chi connectivity index (χ4n) is 2.40. The molecule has 0 atom stereocenters. The molecule has 0 bridgehead atoms. The van der Waals surface area contributed by atoms with Gasteiger partial charge in [0.25, 0.3) is 17.4 Å². The fourth-order valence-corrected chi connectivity index (χ4v) is 2.40. The standard InChI is InChI=1S/C16H17N7O7/c17-9-10(21-15(27)23-13(9)25)14(26)19-4-6-29-5-3-18-12(24)7-1-2-8-11(20-7)22-16(28)30-8/h1-2H,3-6,17H2,(H,18,24)(H,19,26)(H,20,22,28)(H2,21,23,25,27). The average molecular weight is 419 g/mol. The van der Waals surface area contributed by atoms with Crippen molar-refractivity contribution in [2.75, 3.05) is 32.0 Å². The number of aromatic nitrogens is 4. The molecule has 0 saturated heterocycles. The SMILES string of the molecule is Nc1c(C(=O)NCCOCCNC(=O)c2ccc3oc(=O)[nH]c3n2)[nH]c(=O)[nH]c1=O. The van der Waals surface area contributed by atoms with Gasteiger partial charge in [-0.2, -0.15) is 0 Å². The Bertz CT molecular complexity index is 1250. The predicted molar refractivity (Wildman–Crippen MR) is 102 cm³/mol. The number of carbonyl (C=O) groups excluding carboxylic acids is 2. The number of H-pyrrole nitrogens is 3. The number of oxazole rings is 1. The topological polar surface area (TPSA) is 218 Å². The van der Waals surface area contributed by atoms with Gasteiger partial charge in [-0.25, -0.2) is 14.6 Å². The molecule has 14 nitrogen and oxygen atoms in total. The van der Waals surface area contributed by atoms with Crippen molar-refractivity contribution < 1.29 is 18.7 Å². The lowest BCUT2D eigenvalue weighted by molar-refractivity contribution is 0.0888. The number of amides is 2. The number of rotatable bonds is 8. The zero-order chi connectivity index (χ0) is 21.7. The van der Waals surface area contributed by atoms with Crippen molar-refractivity contribution >= 4 is 28.7 Å². The number of nitrogen functional groups attached to an aromatic ring is 1. The zero-order valence-electron chi connectivity index (χ0n) is 15.4. The fraction of sp³-hybridized carbons (Fsp3) is 0.250. The lowest BCUT2D eigenvalue weighted by Gasteiger charge is -2.08. The normalized spacial score (nSPS) is 10.8. The lowest BCUT2D eigenvalue weighted by atomic mass is 10.3. The maximum atomic E-state index is 12.0. The van der Waals surface area contributed by atoms with Gasteiger partial charge >= 0.3 is 11.4 Å². The molecule has 30 heavy (non-hydrogen) atoms. The molecule has 0 aliphatic rings. The molecule has 0 unspecified atom stereocenters. The first-order valence-corrected chi connectivity index (χ1v) is 8.61. The number of nitrogens with two attached hydrogens (primary N) is 1. The van der Waals surface area contributed by atoms with Gasteiger partial charge < -0.3 is 30.5 Å². The lowest BCUT2D eigenvalue weighted by Crippen LogP contribution is -2.35. The molecule has 3 rings (SSSR count). The van der Waals surface area contributed by atoms with Gasteiger partial charge in [0.05, 0.1) is 13.2 Å². The summed E-state index contributed by atoms with van der Waals surface area (Å²) in [6.07, 6.45) is 0. The van der Waals surface area contributed by atoms with E-state index in [2.05, 4.69) is 25.6 Å². The van der Waals surface area contributed by atoms with E-state index >= 15 is 0 Å². The van der Waals surface area contributed by atoms with Gasteiger partial charge in [0.2, 0.25) is 0 Å². The third-order valence-electron chi connectivity index (χ3n) is 3.78. The Labute approximate surface area is 165 Å². The number of carbonyl (C=O) groups is 2. The molecule has 0 spiro atoms. The first-order valence-electron chi connectivity index (χ1n) is 8.61. The Kier molecular flexibility index (Phi) is 6.07. The van der Waals surface area contributed by atoms with E-state index in [0.717, 1.165) is 0 Å². The highest BCUT2D eigenvalue weighted by Crippen LogP contribution is 2.07. The molecular weight excluding hydrogens is 402 g/mol. The second-order valence-corrected chi connectivity index (χ2v) is 5.88. The largest absolute Gasteiger partial charge is 0.418 e. The highest BCUT2D eigenvalue weighted by atomic mass is 16.5. The molecule has 3 aromatic heterocycles. The van der Waals surface area contributed by atoms with Crippen molar-refractivity contribution in [1.82, 2.24) is 30.6 Å². The van der Waals surface area contributed by atoms with Gasteiger partial charge in [-0.15, -0.1) is 0 Å². The Hall–Kier alpha value is -4.20. The van der Waals surface area contributed by atoms with Gasteiger partial charge in [-0.3, -0.25) is 24.4 Å². The van der Waals surface area contributed by atoms with Crippen LogP contribution in [0.4, 0.5) is 5.69 Å². The molecule has 3 aromatic rings. The number of ether oxygens (including phenoxy) is 1. The summed E-state index contributed by atoms with van der Waals surface area (Å²) in [7, 11) is 0. The summed E-state index contributed by atoms with van der Waals surface area (Å²) in [5, 5.41) is 5.02. The average Bonchev–Trinajstić information content (AvgIpc) is 3.08. The Morgan fingerprint density at radius 3 is 2.47 bits per heavy atom. The van der Waals surface area contributed by atoms with Crippen LogP contribution < -0.4 is 33.4 Å². The zero-order valence-corrected chi connectivity index (χ0v) is 15.4. The third kappa shape index (κ3) is 4.79.